The molecule has 0 saturated carbocycles. The summed E-state index contributed by atoms with van der Waals surface area (Å²) in [6.07, 6.45) is 7.57. The maximum atomic E-state index is 5.93. The molecular formula is C20H22N4O2. The summed E-state index contributed by atoms with van der Waals surface area (Å²) in [5.41, 5.74) is 2.20. The molecule has 0 spiro atoms. The summed E-state index contributed by atoms with van der Waals surface area (Å²) in [5.74, 6) is 1.87. The quantitative estimate of drug-likeness (QED) is 0.708. The summed E-state index contributed by atoms with van der Waals surface area (Å²) in [4.78, 5) is 11.1. The Morgan fingerprint density at radius 3 is 2.85 bits per heavy atom. The Hall–Kier alpha value is -2.70. The molecule has 6 nitrogen and oxygen atoms in total. The number of morpholine rings is 1. The minimum atomic E-state index is 0.0573. The van der Waals surface area contributed by atoms with Crippen LogP contribution in [0.5, 0.6) is 5.75 Å². The van der Waals surface area contributed by atoms with Gasteiger partial charge in [0.1, 0.15) is 11.6 Å². The molecule has 1 atom stereocenters. The van der Waals surface area contributed by atoms with Crippen LogP contribution in [0.2, 0.25) is 0 Å². The normalized spacial score (nSPS) is 18.0. The van der Waals surface area contributed by atoms with Gasteiger partial charge < -0.3 is 14.0 Å². The second-order valence-corrected chi connectivity index (χ2v) is 6.29. The number of hydrogen-bond acceptors (Lipinski definition) is 5. The first-order valence-electron chi connectivity index (χ1n) is 8.74. The fourth-order valence-electron chi connectivity index (χ4n) is 3.24. The van der Waals surface area contributed by atoms with Gasteiger partial charge in [-0.2, -0.15) is 0 Å². The maximum absolute atomic E-state index is 5.93. The van der Waals surface area contributed by atoms with Gasteiger partial charge in [0.05, 0.1) is 26.4 Å². The number of pyridine rings is 1. The third-order valence-electron chi connectivity index (χ3n) is 4.64. The smallest absolute Gasteiger partial charge is 0.127 e. The zero-order valence-electron chi connectivity index (χ0n) is 14.8. The summed E-state index contributed by atoms with van der Waals surface area (Å²) in [7, 11) is 1.68. The SMILES string of the molecule is COc1ccc(-n2ccnc2CN2CCOC(c3cccnc3)C2)cc1. The molecule has 0 bridgehead atoms. The van der Waals surface area contributed by atoms with Crippen molar-refractivity contribution in [1.29, 1.82) is 0 Å². The molecule has 3 aromatic rings. The number of benzene rings is 1. The topological polar surface area (TPSA) is 52.4 Å². The van der Waals surface area contributed by atoms with Crippen molar-refractivity contribution in [2.24, 2.45) is 0 Å². The van der Waals surface area contributed by atoms with E-state index >= 15 is 0 Å². The molecule has 1 aliphatic heterocycles. The van der Waals surface area contributed by atoms with Crippen LogP contribution in [0.3, 0.4) is 0 Å². The lowest BCUT2D eigenvalue weighted by molar-refractivity contribution is -0.0339. The Balaban J connectivity index is 1.48. The Labute approximate surface area is 153 Å². The van der Waals surface area contributed by atoms with Gasteiger partial charge in [-0.3, -0.25) is 9.88 Å². The van der Waals surface area contributed by atoms with Gasteiger partial charge in [-0.05, 0) is 30.3 Å². The van der Waals surface area contributed by atoms with E-state index in [1.165, 1.54) is 0 Å². The van der Waals surface area contributed by atoms with E-state index in [2.05, 4.69) is 25.5 Å². The van der Waals surface area contributed by atoms with E-state index in [4.69, 9.17) is 9.47 Å². The molecule has 3 heterocycles. The van der Waals surface area contributed by atoms with Gasteiger partial charge in [-0.25, -0.2) is 4.98 Å². The largest absolute Gasteiger partial charge is 0.497 e. The molecule has 1 unspecified atom stereocenters. The van der Waals surface area contributed by atoms with Gasteiger partial charge in [0.2, 0.25) is 0 Å². The first-order chi connectivity index (χ1) is 12.8. The zero-order chi connectivity index (χ0) is 17.8. The molecule has 4 rings (SSSR count). The molecule has 26 heavy (non-hydrogen) atoms. The van der Waals surface area contributed by atoms with Crippen LogP contribution in [0.25, 0.3) is 5.69 Å². The van der Waals surface area contributed by atoms with E-state index < -0.39 is 0 Å². The maximum Gasteiger partial charge on any atom is 0.127 e. The van der Waals surface area contributed by atoms with Crippen LogP contribution in [0.15, 0.2) is 61.2 Å². The molecule has 0 aliphatic carbocycles. The van der Waals surface area contributed by atoms with Crippen LogP contribution in [-0.4, -0.2) is 46.2 Å². The summed E-state index contributed by atoms with van der Waals surface area (Å²) in [5, 5.41) is 0. The number of methoxy groups -OCH3 is 1. The first kappa shape index (κ1) is 16.8. The highest BCUT2D eigenvalue weighted by Crippen LogP contribution is 2.23. The minimum Gasteiger partial charge on any atom is -0.497 e. The van der Waals surface area contributed by atoms with Gasteiger partial charge in [-0.15, -0.1) is 0 Å². The average molecular weight is 350 g/mol. The van der Waals surface area contributed by atoms with Gasteiger partial charge in [0, 0.05) is 49.1 Å². The van der Waals surface area contributed by atoms with Gasteiger partial charge in [-0.1, -0.05) is 6.07 Å². The van der Waals surface area contributed by atoms with Crippen molar-refractivity contribution in [2.75, 3.05) is 26.8 Å². The molecule has 134 valence electrons. The van der Waals surface area contributed by atoms with Crippen LogP contribution in [0, 0.1) is 0 Å². The Bertz CT molecular complexity index is 833. The van der Waals surface area contributed by atoms with E-state index in [1.807, 2.05) is 48.9 Å². The van der Waals surface area contributed by atoms with Crippen LogP contribution >= 0.6 is 0 Å². The highest BCUT2D eigenvalue weighted by molar-refractivity contribution is 5.38. The molecule has 2 aromatic heterocycles. The van der Waals surface area contributed by atoms with Crippen molar-refractivity contribution < 1.29 is 9.47 Å². The predicted molar refractivity (Wildman–Crippen MR) is 98.3 cm³/mol. The zero-order valence-corrected chi connectivity index (χ0v) is 14.8. The summed E-state index contributed by atoms with van der Waals surface area (Å²) < 4.78 is 13.3. The van der Waals surface area contributed by atoms with Crippen molar-refractivity contribution in [2.45, 2.75) is 12.6 Å². The lowest BCUT2D eigenvalue weighted by atomic mass is 10.1. The van der Waals surface area contributed by atoms with Crippen molar-refractivity contribution >= 4 is 0 Å². The van der Waals surface area contributed by atoms with Crippen LogP contribution < -0.4 is 4.74 Å². The third-order valence-corrected chi connectivity index (χ3v) is 4.64. The van der Waals surface area contributed by atoms with Crippen molar-refractivity contribution in [3.8, 4) is 11.4 Å². The standard InChI is InChI=1S/C20H22N4O2/c1-25-18-6-4-17(5-7-18)24-10-9-22-20(24)15-23-11-12-26-19(14-23)16-3-2-8-21-13-16/h2-10,13,19H,11-12,14-15H2,1H3. The van der Waals surface area contributed by atoms with Gasteiger partial charge in [0.15, 0.2) is 0 Å². The molecule has 1 saturated heterocycles. The number of imidazole rings is 1. The molecule has 0 N–H and O–H groups in total. The first-order valence-corrected chi connectivity index (χ1v) is 8.74. The fraction of sp³-hybridized carbons (Fsp3) is 0.300. The average Bonchev–Trinajstić information content (AvgIpc) is 3.17. The Morgan fingerprint density at radius 1 is 1.19 bits per heavy atom. The van der Waals surface area contributed by atoms with Crippen molar-refractivity contribution in [3.05, 3.63) is 72.6 Å². The Morgan fingerprint density at radius 2 is 2.08 bits per heavy atom. The van der Waals surface area contributed by atoms with E-state index in [0.29, 0.717) is 6.61 Å². The lowest BCUT2D eigenvalue weighted by Crippen LogP contribution is -2.38. The highest BCUT2D eigenvalue weighted by Gasteiger charge is 2.23. The minimum absolute atomic E-state index is 0.0573. The summed E-state index contributed by atoms with van der Waals surface area (Å²) in [6, 6.07) is 12.0. The molecular weight excluding hydrogens is 328 g/mol. The molecule has 1 fully saturated rings. The summed E-state index contributed by atoms with van der Waals surface area (Å²) >= 11 is 0. The number of aromatic nitrogens is 3. The van der Waals surface area contributed by atoms with E-state index in [-0.39, 0.29) is 6.10 Å². The number of hydrogen-bond donors (Lipinski definition) is 0. The van der Waals surface area contributed by atoms with Gasteiger partial charge in [0.25, 0.3) is 0 Å². The van der Waals surface area contributed by atoms with Crippen LogP contribution in [0.1, 0.15) is 17.5 Å². The second kappa shape index (κ2) is 7.68. The number of nitrogens with zero attached hydrogens (tertiary/aromatic N) is 4. The highest BCUT2D eigenvalue weighted by atomic mass is 16.5. The fourth-order valence-corrected chi connectivity index (χ4v) is 3.24. The van der Waals surface area contributed by atoms with Gasteiger partial charge >= 0.3 is 0 Å². The van der Waals surface area contributed by atoms with Crippen molar-refractivity contribution in [3.63, 3.8) is 0 Å². The van der Waals surface area contributed by atoms with Crippen LogP contribution in [0.4, 0.5) is 0 Å². The Kier molecular flexibility index (Phi) is 4.95. The van der Waals surface area contributed by atoms with E-state index in [9.17, 15) is 0 Å². The molecule has 6 heteroatoms. The lowest BCUT2D eigenvalue weighted by Gasteiger charge is -2.32. The van der Waals surface area contributed by atoms with E-state index in [1.54, 1.807) is 13.3 Å². The van der Waals surface area contributed by atoms with E-state index in [0.717, 1.165) is 42.5 Å². The molecule has 0 radical (unpaired) electrons. The number of rotatable bonds is 5. The monoisotopic (exact) mass is 350 g/mol. The second-order valence-electron chi connectivity index (χ2n) is 6.29. The van der Waals surface area contributed by atoms with Crippen LogP contribution in [-0.2, 0) is 11.3 Å². The predicted octanol–water partition coefficient (Wildman–Crippen LogP) is 2.85. The molecule has 1 aromatic carbocycles. The molecule has 0 amide bonds. The third kappa shape index (κ3) is 3.61. The summed E-state index contributed by atoms with van der Waals surface area (Å²) in [6.45, 7) is 3.22. The molecule has 1 aliphatic rings. The number of ether oxygens (including phenoxy) is 2. The van der Waals surface area contributed by atoms with Crippen molar-refractivity contribution in [1.82, 2.24) is 19.4 Å².